The highest BCUT2D eigenvalue weighted by Crippen LogP contribution is 2.54. The highest BCUT2D eigenvalue weighted by atomic mass is 19.1. The Balaban J connectivity index is 2.52. The summed E-state index contributed by atoms with van der Waals surface area (Å²) in [6.07, 6.45) is 2.05. The van der Waals surface area contributed by atoms with Crippen LogP contribution in [-0.2, 0) is 16.8 Å². The highest BCUT2D eigenvalue weighted by Gasteiger charge is 2.49. The van der Waals surface area contributed by atoms with Crippen molar-refractivity contribution >= 4 is 0 Å². The first-order valence-electron chi connectivity index (χ1n) is 6.17. The molecule has 1 unspecified atom stereocenters. The minimum Gasteiger partial charge on any atom is -0.496 e. The molecule has 18 heavy (non-hydrogen) atoms. The van der Waals surface area contributed by atoms with Gasteiger partial charge in [0.2, 0.25) is 0 Å². The maximum Gasteiger partial charge on any atom is 0.132 e. The third-order valence-corrected chi connectivity index (χ3v) is 3.89. The summed E-state index contributed by atoms with van der Waals surface area (Å²) < 4.78 is 24.3. The summed E-state index contributed by atoms with van der Waals surface area (Å²) in [5.41, 5.74) is 7.50. The molecule has 0 saturated heterocycles. The third kappa shape index (κ3) is 1.99. The normalized spacial score (nSPS) is 18.5. The molecular weight excluding hydrogens is 233 g/mol. The lowest BCUT2D eigenvalue weighted by Gasteiger charge is -2.24. The molecule has 0 radical (unpaired) electrons. The van der Waals surface area contributed by atoms with E-state index in [1.807, 2.05) is 6.92 Å². The molecule has 1 aliphatic carbocycles. The highest BCUT2D eigenvalue weighted by molar-refractivity contribution is 5.50. The van der Waals surface area contributed by atoms with Crippen LogP contribution in [0.2, 0.25) is 0 Å². The van der Waals surface area contributed by atoms with E-state index < -0.39 is 0 Å². The molecule has 100 valence electrons. The smallest absolute Gasteiger partial charge is 0.132 e. The van der Waals surface area contributed by atoms with E-state index in [2.05, 4.69) is 0 Å². The minimum atomic E-state index is -0.294. The SMILES string of the molecule is COCc1c(F)ccc(C2(C(C)N)CC2)c1OC. The van der Waals surface area contributed by atoms with Crippen molar-refractivity contribution in [2.24, 2.45) is 5.73 Å². The van der Waals surface area contributed by atoms with E-state index >= 15 is 0 Å². The van der Waals surface area contributed by atoms with Crippen LogP contribution in [0.1, 0.15) is 30.9 Å². The zero-order valence-corrected chi connectivity index (χ0v) is 11.1. The molecule has 2 rings (SSSR count). The van der Waals surface area contributed by atoms with Crippen LogP contribution in [-0.4, -0.2) is 20.3 Å². The van der Waals surface area contributed by atoms with E-state index in [9.17, 15) is 4.39 Å². The molecule has 3 nitrogen and oxygen atoms in total. The summed E-state index contributed by atoms with van der Waals surface area (Å²) in [7, 11) is 3.11. The van der Waals surface area contributed by atoms with E-state index in [1.54, 1.807) is 20.3 Å². The van der Waals surface area contributed by atoms with Crippen molar-refractivity contribution in [3.63, 3.8) is 0 Å². The number of hydrogen-bond acceptors (Lipinski definition) is 3. The molecule has 1 aromatic carbocycles. The van der Waals surface area contributed by atoms with Crippen molar-refractivity contribution in [1.82, 2.24) is 0 Å². The van der Waals surface area contributed by atoms with Crippen LogP contribution >= 0.6 is 0 Å². The van der Waals surface area contributed by atoms with Gasteiger partial charge in [-0.15, -0.1) is 0 Å². The van der Waals surface area contributed by atoms with Gasteiger partial charge in [0, 0.05) is 24.1 Å². The van der Waals surface area contributed by atoms with E-state index in [4.69, 9.17) is 15.2 Å². The van der Waals surface area contributed by atoms with Crippen LogP contribution in [0.25, 0.3) is 0 Å². The molecule has 2 N–H and O–H groups in total. The summed E-state index contributed by atoms with van der Waals surface area (Å²) >= 11 is 0. The van der Waals surface area contributed by atoms with Gasteiger partial charge in [-0.2, -0.15) is 0 Å². The summed E-state index contributed by atoms with van der Waals surface area (Å²) in [5.74, 6) is 0.296. The number of nitrogens with two attached hydrogens (primary N) is 1. The molecule has 1 fully saturated rings. The Morgan fingerprint density at radius 1 is 1.39 bits per heavy atom. The molecule has 1 aromatic rings. The average Bonchev–Trinajstić information content (AvgIpc) is 3.13. The standard InChI is InChI=1S/C14H20FNO2/c1-9(16)14(6-7-14)11-4-5-12(15)10(8-17-2)13(11)18-3/h4-5,9H,6-8,16H2,1-3H3. The predicted octanol–water partition coefficient (Wildman–Crippen LogP) is 2.36. The maximum atomic E-state index is 13.8. The van der Waals surface area contributed by atoms with E-state index in [0.717, 1.165) is 18.4 Å². The zero-order chi connectivity index (χ0) is 13.3. The van der Waals surface area contributed by atoms with Crippen molar-refractivity contribution in [2.75, 3.05) is 14.2 Å². The quantitative estimate of drug-likeness (QED) is 0.876. The maximum absolute atomic E-state index is 13.8. The number of halogens is 1. The zero-order valence-electron chi connectivity index (χ0n) is 11.1. The molecule has 1 atom stereocenters. The Bertz CT molecular complexity index is 442. The Kier molecular flexibility index (Phi) is 3.59. The molecule has 0 amide bonds. The Morgan fingerprint density at radius 2 is 2.06 bits per heavy atom. The van der Waals surface area contributed by atoms with Crippen LogP contribution in [0, 0.1) is 5.82 Å². The lowest BCUT2D eigenvalue weighted by Crippen LogP contribution is -2.32. The van der Waals surface area contributed by atoms with Crippen LogP contribution in [0.15, 0.2) is 12.1 Å². The van der Waals surface area contributed by atoms with Gasteiger partial charge < -0.3 is 15.2 Å². The van der Waals surface area contributed by atoms with E-state index in [-0.39, 0.29) is 23.9 Å². The van der Waals surface area contributed by atoms with Crippen molar-refractivity contribution < 1.29 is 13.9 Å². The first-order chi connectivity index (χ1) is 8.56. The molecule has 0 heterocycles. The van der Waals surface area contributed by atoms with Gasteiger partial charge in [0.25, 0.3) is 0 Å². The van der Waals surface area contributed by atoms with Gasteiger partial charge in [-0.05, 0) is 25.8 Å². The number of methoxy groups -OCH3 is 2. The lowest BCUT2D eigenvalue weighted by molar-refractivity contribution is 0.177. The van der Waals surface area contributed by atoms with Gasteiger partial charge in [0.15, 0.2) is 0 Å². The van der Waals surface area contributed by atoms with Crippen molar-refractivity contribution in [3.8, 4) is 5.75 Å². The summed E-state index contributed by atoms with van der Waals surface area (Å²) in [6, 6.07) is 3.31. The molecule has 0 bridgehead atoms. The molecule has 0 aliphatic heterocycles. The lowest BCUT2D eigenvalue weighted by atomic mass is 9.87. The number of rotatable bonds is 5. The second kappa shape index (κ2) is 4.86. The number of hydrogen-bond donors (Lipinski definition) is 1. The molecule has 0 spiro atoms. The van der Waals surface area contributed by atoms with Crippen LogP contribution in [0.4, 0.5) is 4.39 Å². The van der Waals surface area contributed by atoms with Crippen LogP contribution in [0.3, 0.4) is 0 Å². The van der Waals surface area contributed by atoms with Crippen molar-refractivity contribution in [3.05, 3.63) is 29.1 Å². The second-order valence-electron chi connectivity index (χ2n) is 4.98. The van der Waals surface area contributed by atoms with E-state index in [0.29, 0.717) is 11.3 Å². The van der Waals surface area contributed by atoms with Crippen molar-refractivity contribution in [1.29, 1.82) is 0 Å². The molecule has 1 saturated carbocycles. The largest absolute Gasteiger partial charge is 0.496 e. The predicted molar refractivity (Wildman–Crippen MR) is 68.2 cm³/mol. The summed E-state index contributed by atoms with van der Waals surface area (Å²) in [4.78, 5) is 0. The van der Waals surface area contributed by atoms with Crippen molar-refractivity contribution in [2.45, 2.75) is 37.8 Å². The number of benzene rings is 1. The monoisotopic (exact) mass is 253 g/mol. The van der Waals surface area contributed by atoms with Gasteiger partial charge in [0.05, 0.1) is 19.3 Å². The molecule has 0 aromatic heterocycles. The van der Waals surface area contributed by atoms with Crippen LogP contribution < -0.4 is 10.5 Å². The third-order valence-electron chi connectivity index (χ3n) is 3.89. The van der Waals surface area contributed by atoms with Gasteiger partial charge in [-0.1, -0.05) is 6.07 Å². The molecular formula is C14H20FNO2. The molecule has 4 heteroatoms. The fourth-order valence-corrected chi connectivity index (χ4v) is 2.61. The average molecular weight is 253 g/mol. The summed E-state index contributed by atoms with van der Waals surface area (Å²) in [6.45, 7) is 2.20. The Labute approximate surface area is 107 Å². The fourth-order valence-electron chi connectivity index (χ4n) is 2.61. The fraction of sp³-hybridized carbons (Fsp3) is 0.571. The summed E-state index contributed by atoms with van der Waals surface area (Å²) in [5, 5.41) is 0. The Morgan fingerprint density at radius 3 is 2.50 bits per heavy atom. The second-order valence-corrected chi connectivity index (χ2v) is 4.98. The minimum absolute atomic E-state index is 0.0345. The first kappa shape index (κ1) is 13.3. The van der Waals surface area contributed by atoms with Gasteiger partial charge in [-0.3, -0.25) is 0 Å². The van der Waals surface area contributed by atoms with E-state index in [1.165, 1.54) is 6.07 Å². The number of ether oxygens (including phenoxy) is 2. The molecule has 1 aliphatic rings. The van der Waals surface area contributed by atoms with Gasteiger partial charge in [0.1, 0.15) is 11.6 Å². The first-order valence-corrected chi connectivity index (χ1v) is 6.17. The van der Waals surface area contributed by atoms with Crippen LogP contribution in [0.5, 0.6) is 5.75 Å². The van der Waals surface area contributed by atoms with Gasteiger partial charge >= 0.3 is 0 Å². The van der Waals surface area contributed by atoms with Gasteiger partial charge in [-0.25, -0.2) is 4.39 Å². The Hall–Kier alpha value is -1.13. The topological polar surface area (TPSA) is 44.5 Å².